The van der Waals surface area contributed by atoms with Gasteiger partial charge in [0.15, 0.2) is 0 Å². The van der Waals surface area contributed by atoms with E-state index in [2.05, 4.69) is 45.0 Å². The average Bonchev–Trinajstić information content (AvgIpc) is 2.76. The maximum Gasteiger partial charge on any atom is 0.118 e. The van der Waals surface area contributed by atoms with Gasteiger partial charge >= 0.3 is 0 Å². The monoisotopic (exact) mass is 410 g/mol. The third kappa shape index (κ3) is 7.38. The average molecular weight is 411 g/mol. The summed E-state index contributed by atoms with van der Waals surface area (Å²) in [4.78, 5) is 0. The highest BCUT2D eigenvalue weighted by Gasteiger charge is 2.17. The van der Waals surface area contributed by atoms with Crippen molar-refractivity contribution in [1.29, 1.82) is 0 Å². The molecule has 0 aliphatic rings. The number of benzene rings is 2. The molecule has 0 saturated carbocycles. The second kappa shape index (κ2) is 13.4. The first-order valence-corrected chi connectivity index (χ1v) is 12.2. The molecule has 0 aromatic heterocycles. The molecule has 2 rings (SSSR count). The number of aromatic hydroxyl groups is 2. The topological polar surface area (TPSA) is 40.5 Å². The maximum atomic E-state index is 10.1. The maximum absolute atomic E-state index is 10.1. The lowest BCUT2D eigenvalue weighted by Gasteiger charge is -2.20. The van der Waals surface area contributed by atoms with E-state index in [4.69, 9.17) is 0 Å². The van der Waals surface area contributed by atoms with Crippen LogP contribution >= 0.6 is 0 Å². The van der Waals surface area contributed by atoms with Crippen LogP contribution in [0.15, 0.2) is 36.4 Å². The predicted molar refractivity (Wildman–Crippen MR) is 129 cm³/mol. The van der Waals surface area contributed by atoms with Crippen LogP contribution in [0.1, 0.15) is 113 Å². The van der Waals surface area contributed by atoms with Crippen molar-refractivity contribution in [3.8, 4) is 11.5 Å². The van der Waals surface area contributed by atoms with E-state index in [9.17, 15) is 10.2 Å². The zero-order chi connectivity index (χ0) is 21.8. The molecule has 0 unspecified atom stereocenters. The Morgan fingerprint density at radius 3 is 1.47 bits per heavy atom. The first-order valence-electron chi connectivity index (χ1n) is 12.2. The molecule has 0 heterocycles. The summed E-state index contributed by atoms with van der Waals surface area (Å²) in [5.41, 5.74) is 4.58. The van der Waals surface area contributed by atoms with Crippen LogP contribution in [0.3, 0.4) is 0 Å². The molecule has 166 valence electrons. The minimum absolute atomic E-state index is 0.311. The molecule has 0 radical (unpaired) electrons. The number of hydrogen-bond acceptors (Lipinski definition) is 2. The molecule has 2 heteroatoms. The number of unbranched alkanes of at least 4 members (excludes halogenated alkanes) is 8. The predicted octanol–water partition coefficient (Wildman–Crippen LogP) is 8.28. The Hall–Kier alpha value is -1.96. The van der Waals surface area contributed by atoms with Gasteiger partial charge in [0.2, 0.25) is 0 Å². The van der Waals surface area contributed by atoms with Crippen LogP contribution in [-0.4, -0.2) is 10.2 Å². The van der Waals surface area contributed by atoms with Crippen molar-refractivity contribution in [3.63, 3.8) is 0 Å². The van der Waals surface area contributed by atoms with Gasteiger partial charge in [0, 0.05) is 5.92 Å². The van der Waals surface area contributed by atoms with E-state index in [1.54, 1.807) is 0 Å². The van der Waals surface area contributed by atoms with E-state index >= 15 is 0 Å². The van der Waals surface area contributed by atoms with Crippen molar-refractivity contribution in [3.05, 3.63) is 58.7 Å². The van der Waals surface area contributed by atoms with Crippen LogP contribution < -0.4 is 0 Å². The Bertz CT molecular complexity index is 697. The van der Waals surface area contributed by atoms with Crippen molar-refractivity contribution in [2.24, 2.45) is 0 Å². The van der Waals surface area contributed by atoms with Gasteiger partial charge in [-0.2, -0.15) is 0 Å². The summed E-state index contributed by atoms with van der Waals surface area (Å²) in [5, 5.41) is 20.2. The zero-order valence-corrected chi connectivity index (χ0v) is 19.4. The minimum Gasteiger partial charge on any atom is -0.508 e. The third-order valence-electron chi connectivity index (χ3n) is 6.37. The van der Waals surface area contributed by atoms with Crippen molar-refractivity contribution < 1.29 is 10.2 Å². The van der Waals surface area contributed by atoms with Gasteiger partial charge < -0.3 is 10.2 Å². The van der Waals surface area contributed by atoms with Crippen molar-refractivity contribution in [1.82, 2.24) is 0 Å². The van der Waals surface area contributed by atoms with Crippen LogP contribution in [0.4, 0.5) is 0 Å². The first kappa shape index (κ1) is 24.3. The van der Waals surface area contributed by atoms with E-state index < -0.39 is 0 Å². The van der Waals surface area contributed by atoms with Crippen LogP contribution in [0.2, 0.25) is 0 Å². The highest BCUT2D eigenvalue weighted by molar-refractivity contribution is 5.44. The molecule has 0 bridgehead atoms. The fourth-order valence-electron chi connectivity index (χ4n) is 4.40. The lowest BCUT2D eigenvalue weighted by atomic mass is 9.84. The Morgan fingerprint density at radius 1 is 0.600 bits per heavy atom. The van der Waals surface area contributed by atoms with Gasteiger partial charge in [-0.1, -0.05) is 103 Å². The van der Waals surface area contributed by atoms with Gasteiger partial charge in [0.25, 0.3) is 0 Å². The molecule has 0 amide bonds. The Kier molecular flexibility index (Phi) is 10.8. The Labute approximate surface area is 184 Å². The first-order chi connectivity index (χ1) is 14.6. The summed E-state index contributed by atoms with van der Waals surface area (Å²) in [6.45, 7) is 6.44. The molecule has 30 heavy (non-hydrogen) atoms. The van der Waals surface area contributed by atoms with Crippen LogP contribution in [0.25, 0.3) is 0 Å². The number of aryl methyl sites for hydroxylation is 2. The molecule has 0 atom stereocenters. The van der Waals surface area contributed by atoms with E-state index in [1.807, 2.05) is 12.1 Å². The van der Waals surface area contributed by atoms with Crippen LogP contribution in [-0.2, 0) is 12.8 Å². The van der Waals surface area contributed by atoms with E-state index in [0.29, 0.717) is 17.4 Å². The second-order valence-electron chi connectivity index (χ2n) is 8.65. The molecule has 2 aromatic rings. The fourth-order valence-corrected chi connectivity index (χ4v) is 4.40. The molecule has 2 aromatic carbocycles. The molecule has 0 aliphatic heterocycles. The summed E-state index contributed by atoms with van der Waals surface area (Å²) in [6.07, 6.45) is 14.8. The summed E-state index contributed by atoms with van der Waals surface area (Å²) >= 11 is 0. The van der Waals surface area contributed by atoms with Gasteiger partial charge in [0.1, 0.15) is 11.5 Å². The lowest BCUT2D eigenvalue weighted by Crippen LogP contribution is -2.03. The quantitative estimate of drug-likeness (QED) is 0.308. The molecule has 0 spiro atoms. The van der Waals surface area contributed by atoms with E-state index in [-0.39, 0.29) is 0 Å². The number of hydrogen-bond donors (Lipinski definition) is 2. The lowest BCUT2D eigenvalue weighted by molar-refractivity contribution is 0.468. The van der Waals surface area contributed by atoms with Gasteiger partial charge in [0.05, 0.1) is 0 Å². The van der Waals surface area contributed by atoms with Gasteiger partial charge in [-0.05, 0) is 53.6 Å². The number of rotatable bonds is 14. The van der Waals surface area contributed by atoms with Gasteiger partial charge in [-0.15, -0.1) is 0 Å². The zero-order valence-electron chi connectivity index (χ0n) is 19.4. The summed E-state index contributed by atoms with van der Waals surface area (Å²) < 4.78 is 0. The number of phenols is 2. The fraction of sp³-hybridized carbons (Fsp3) is 0.571. The number of phenolic OH excluding ortho intramolecular Hbond substituents is 2. The molecule has 0 fully saturated rings. The molecule has 0 aliphatic carbocycles. The summed E-state index contributed by atoms with van der Waals surface area (Å²) in [5.74, 6) is 1.09. The van der Waals surface area contributed by atoms with Crippen molar-refractivity contribution >= 4 is 0 Å². The smallest absolute Gasteiger partial charge is 0.118 e. The molecular weight excluding hydrogens is 368 g/mol. The highest BCUT2D eigenvalue weighted by Crippen LogP contribution is 2.35. The SMILES string of the molecule is CCCCCCCCCCCC(c1ccc(O)c(CC)c1)c1ccc(O)c(CC)c1. The summed E-state index contributed by atoms with van der Waals surface area (Å²) in [6, 6.07) is 12.2. The van der Waals surface area contributed by atoms with Gasteiger partial charge in [-0.25, -0.2) is 0 Å². The largest absolute Gasteiger partial charge is 0.508 e. The normalized spacial score (nSPS) is 11.3. The minimum atomic E-state index is 0.311. The van der Waals surface area contributed by atoms with Gasteiger partial charge in [-0.3, -0.25) is 0 Å². The van der Waals surface area contributed by atoms with Crippen molar-refractivity contribution in [2.45, 2.75) is 104 Å². The molecule has 2 N–H and O–H groups in total. The van der Waals surface area contributed by atoms with Crippen LogP contribution in [0.5, 0.6) is 11.5 Å². The second-order valence-corrected chi connectivity index (χ2v) is 8.65. The Balaban J connectivity index is 2.04. The standard InChI is InChI=1S/C28H42O2/c1-4-7-8-9-10-11-12-13-14-15-26(24-16-18-27(29)22(5-2)20-24)25-17-19-28(30)23(6-3)21-25/h16-21,26,29-30H,4-15H2,1-3H3. The highest BCUT2D eigenvalue weighted by atomic mass is 16.3. The Morgan fingerprint density at radius 2 is 1.03 bits per heavy atom. The van der Waals surface area contributed by atoms with Crippen molar-refractivity contribution in [2.75, 3.05) is 0 Å². The van der Waals surface area contributed by atoms with E-state index in [1.165, 1.54) is 68.9 Å². The molecule has 0 saturated heterocycles. The molecular formula is C28H42O2. The summed E-state index contributed by atoms with van der Waals surface area (Å²) in [7, 11) is 0. The third-order valence-corrected chi connectivity index (χ3v) is 6.37. The van der Waals surface area contributed by atoms with E-state index in [0.717, 1.165) is 30.4 Å². The van der Waals surface area contributed by atoms with Crippen LogP contribution in [0, 0.1) is 0 Å². The molecule has 2 nitrogen and oxygen atoms in total.